The summed E-state index contributed by atoms with van der Waals surface area (Å²) in [6.45, 7) is 0.292. The predicted molar refractivity (Wildman–Crippen MR) is 94.9 cm³/mol. The largest absolute Gasteiger partial charge is 0.437 e. The van der Waals surface area contributed by atoms with Crippen LogP contribution in [0.3, 0.4) is 0 Å². The quantitative estimate of drug-likeness (QED) is 0.725. The number of anilines is 1. The lowest BCUT2D eigenvalue weighted by Gasteiger charge is -2.28. The van der Waals surface area contributed by atoms with Crippen molar-refractivity contribution in [3.8, 4) is 0 Å². The molecule has 1 aliphatic heterocycles. The molecule has 0 aliphatic carbocycles. The van der Waals surface area contributed by atoms with Gasteiger partial charge in [0.05, 0.1) is 17.8 Å². The van der Waals surface area contributed by atoms with E-state index in [4.69, 9.17) is 4.42 Å². The normalized spacial score (nSPS) is 14.3. The second-order valence-electron chi connectivity index (χ2n) is 5.89. The third-order valence-electron chi connectivity index (χ3n) is 4.10. The number of benzene rings is 1. The van der Waals surface area contributed by atoms with Crippen LogP contribution in [0.1, 0.15) is 22.7 Å². The summed E-state index contributed by atoms with van der Waals surface area (Å²) in [6, 6.07) is 9.64. The molecule has 0 atom stereocenters. The molecule has 2 N–H and O–H groups in total. The van der Waals surface area contributed by atoms with Crippen LogP contribution in [0, 0.1) is 0 Å². The fraction of sp³-hybridized carbons (Fsp3) is 0.167. The van der Waals surface area contributed by atoms with Crippen molar-refractivity contribution in [2.45, 2.75) is 13.0 Å². The lowest BCUT2D eigenvalue weighted by atomic mass is 10.1. The number of rotatable bonds is 4. The zero-order valence-electron chi connectivity index (χ0n) is 14.1. The Balaban J connectivity index is 1.52. The highest BCUT2D eigenvalue weighted by Crippen LogP contribution is 2.22. The first kappa shape index (κ1) is 16.7. The summed E-state index contributed by atoms with van der Waals surface area (Å²) in [5.74, 6) is -0.385. The van der Waals surface area contributed by atoms with Gasteiger partial charge in [-0.3, -0.25) is 19.8 Å². The van der Waals surface area contributed by atoms with Gasteiger partial charge in [-0.15, -0.1) is 0 Å². The molecular formula is C18H15N5O4. The Kier molecular flexibility index (Phi) is 4.25. The van der Waals surface area contributed by atoms with Gasteiger partial charge in [0.1, 0.15) is 0 Å². The number of hydrogen-bond acceptors (Lipinski definition) is 6. The van der Waals surface area contributed by atoms with E-state index in [0.717, 1.165) is 0 Å². The lowest BCUT2D eigenvalue weighted by Crippen LogP contribution is -2.50. The summed E-state index contributed by atoms with van der Waals surface area (Å²) >= 11 is 0. The van der Waals surface area contributed by atoms with Gasteiger partial charge in [-0.25, -0.2) is 9.78 Å². The third kappa shape index (κ3) is 3.34. The summed E-state index contributed by atoms with van der Waals surface area (Å²) in [5, 5.41) is 4.98. The summed E-state index contributed by atoms with van der Waals surface area (Å²) < 4.78 is 5.53. The topological polar surface area (TPSA) is 117 Å². The van der Waals surface area contributed by atoms with E-state index in [-0.39, 0.29) is 31.3 Å². The van der Waals surface area contributed by atoms with E-state index >= 15 is 0 Å². The zero-order chi connectivity index (χ0) is 18.8. The molecule has 3 heterocycles. The minimum atomic E-state index is -0.545. The van der Waals surface area contributed by atoms with Crippen molar-refractivity contribution in [1.29, 1.82) is 0 Å². The smallest absolute Gasteiger partial charge is 0.328 e. The van der Waals surface area contributed by atoms with Crippen LogP contribution in [-0.2, 0) is 11.3 Å². The number of hydrogen-bond donors (Lipinski definition) is 2. The van der Waals surface area contributed by atoms with Gasteiger partial charge in [0, 0.05) is 19.2 Å². The molecule has 4 rings (SSSR count). The first-order valence-electron chi connectivity index (χ1n) is 8.31. The minimum Gasteiger partial charge on any atom is -0.437 e. The number of fused-ring (bicyclic) bond motifs is 1. The highest BCUT2D eigenvalue weighted by molar-refractivity contribution is 6.09. The van der Waals surface area contributed by atoms with Crippen molar-refractivity contribution in [3.63, 3.8) is 0 Å². The van der Waals surface area contributed by atoms with Crippen LogP contribution in [-0.4, -0.2) is 34.4 Å². The number of nitrogens with zero attached hydrogens (tertiary/aromatic N) is 3. The summed E-state index contributed by atoms with van der Waals surface area (Å²) in [6.07, 6.45) is 1.79. The van der Waals surface area contributed by atoms with Crippen LogP contribution >= 0.6 is 0 Å². The molecule has 4 amide bonds. The summed E-state index contributed by atoms with van der Waals surface area (Å²) in [7, 11) is 0. The maximum Gasteiger partial charge on any atom is 0.328 e. The number of nitrogens with one attached hydrogen (secondary N) is 2. The van der Waals surface area contributed by atoms with Crippen molar-refractivity contribution in [3.05, 3.63) is 54.0 Å². The minimum absolute atomic E-state index is 0.0776. The highest BCUT2D eigenvalue weighted by atomic mass is 16.3. The second-order valence-corrected chi connectivity index (χ2v) is 5.89. The van der Waals surface area contributed by atoms with Crippen molar-refractivity contribution in [2.24, 2.45) is 0 Å². The van der Waals surface area contributed by atoms with E-state index in [9.17, 15) is 14.4 Å². The lowest BCUT2D eigenvalue weighted by molar-refractivity contribution is -0.120. The number of carbonyl (C=O) groups excluding carboxylic acids is 3. The molecule has 9 nitrogen and oxygen atoms in total. The molecular weight excluding hydrogens is 350 g/mol. The number of imide groups is 1. The maximum absolute atomic E-state index is 12.6. The fourth-order valence-corrected chi connectivity index (χ4v) is 2.84. The van der Waals surface area contributed by atoms with Crippen molar-refractivity contribution >= 4 is 34.8 Å². The molecule has 9 heteroatoms. The second kappa shape index (κ2) is 6.87. The van der Waals surface area contributed by atoms with Gasteiger partial charge in [0.15, 0.2) is 11.2 Å². The van der Waals surface area contributed by atoms with Gasteiger partial charge >= 0.3 is 6.03 Å². The van der Waals surface area contributed by atoms with Gasteiger partial charge in [-0.05, 0) is 24.3 Å². The Hall–Kier alpha value is -3.75. The number of para-hydroxylation sites is 1. The molecule has 3 aromatic rings. The van der Waals surface area contributed by atoms with Crippen LogP contribution in [0.4, 0.5) is 10.5 Å². The fourth-order valence-electron chi connectivity index (χ4n) is 2.84. The van der Waals surface area contributed by atoms with Gasteiger partial charge in [0.25, 0.3) is 5.91 Å². The number of pyridine rings is 1. The zero-order valence-corrected chi connectivity index (χ0v) is 14.1. The highest BCUT2D eigenvalue weighted by Gasteiger charge is 2.27. The first-order chi connectivity index (χ1) is 13.1. The number of carbonyl (C=O) groups is 3. The van der Waals surface area contributed by atoms with E-state index in [2.05, 4.69) is 20.6 Å². The molecule has 1 fully saturated rings. The van der Waals surface area contributed by atoms with Crippen LogP contribution in [0.5, 0.6) is 0 Å². The van der Waals surface area contributed by atoms with E-state index in [1.165, 1.54) is 4.90 Å². The van der Waals surface area contributed by atoms with Gasteiger partial charge in [0.2, 0.25) is 11.8 Å². The maximum atomic E-state index is 12.6. The Bertz CT molecular complexity index is 1010. The van der Waals surface area contributed by atoms with Crippen LogP contribution in [0.15, 0.2) is 47.0 Å². The van der Waals surface area contributed by atoms with Gasteiger partial charge < -0.3 is 9.73 Å². The molecule has 0 saturated carbocycles. The first-order valence-corrected chi connectivity index (χ1v) is 8.31. The molecule has 0 unspecified atom stereocenters. The van der Waals surface area contributed by atoms with E-state index in [1.54, 1.807) is 42.6 Å². The van der Waals surface area contributed by atoms with Crippen molar-refractivity contribution in [2.75, 3.05) is 11.4 Å². The molecule has 0 radical (unpaired) electrons. The van der Waals surface area contributed by atoms with Crippen LogP contribution in [0.2, 0.25) is 0 Å². The molecule has 27 heavy (non-hydrogen) atoms. The Labute approximate surface area is 153 Å². The van der Waals surface area contributed by atoms with E-state index in [1.807, 2.05) is 0 Å². The average Bonchev–Trinajstić information content (AvgIpc) is 3.09. The van der Waals surface area contributed by atoms with Crippen LogP contribution in [0.25, 0.3) is 11.2 Å². The number of urea groups is 1. The molecule has 1 saturated heterocycles. The molecule has 136 valence electrons. The standard InChI is InChI=1S/C18H15N5O4/c24-14-7-9-23(18(26)21-14)12-5-2-1-4-11(12)17(25)20-10-15-22-16-13(27-15)6-3-8-19-16/h1-6,8H,7,9-10H2,(H,20,25)(H,21,24,26). The number of oxazole rings is 1. The van der Waals surface area contributed by atoms with Crippen molar-refractivity contribution in [1.82, 2.24) is 20.6 Å². The Morgan fingerprint density at radius 2 is 2.07 bits per heavy atom. The molecule has 1 aromatic carbocycles. The molecule has 2 aromatic heterocycles. The SMILES string of the molecule is O=C1CCN(c2ccccc2C(=O)NCc2nc3ncccc3o2)C(=O)N1. The van der Waals surface area contributed by atoms with E-state index in [0.29, 0.717) is 28.4 Å². The Morgan fingerprint density at radius 3 is 2.89 bits per heavy atom. The average molecular weight is 365 g/mol. The van der Waals surface area contributed by atoms with E-state index < -0.39 is 6.03 Å². The monoisotopic (exact) mass is 365 g/mol. The summed E-state index contributed by atoms with van der Waals surface area (Å²) in [5.41, 5.74) is 1.75. The van der Waals surface area contributed by atoms with Gasteiger partial charge in [-0.2, -0.15) is 4.98 Å². The van der Waals surface area contributed by atoms with Crippen LogP contribution < -0.4 is 15.5 Å². The molecule has 0 spiro atoms. The third-order valence-corrected chi connectivity index (χ3v) is 4.10. The summed E-state index contributed by atoms with van der Waals surface area (Å²) in [4.78, 5) is 45.7. The van der Waals surface area contributed by atoms with Gasteiger partial charge in [-0.1, -0.05) is 12.1 Å². The van der Waals surface area contributed by atoms with Crippen molar-refractivity contribution < 1.29 is 18.8 Å². The Morgan fingerprint density at radius 1 is 1.22 bits per heavy atom. The predicted octanol–water partition coefficient (Wildman–Crippen LogP) is 1.60. The molecule has 0 bridgehead atoms. The number of aromatic nitrogens is 2. The molecule has 1 aliphatic rings. The number of amides is 4.